The number of nitrogens with one attached hydrogen (secondary N) is 1. The molecule has 1 fully saturated rings. The quantitative estimate of drug-likeness (QED) is 0.661. The third kappa shape index (κ3) is 6.21. The summed E-state index contributed by atoms with van der Waals surface area (Å²) in [5.74, 6) is 0.657. The first-order chi connectivity index (χ1) is 9.62. The van der Waals surface area contributed by atoms with Gasteiger partial charge in [0.1, 0.15) is 5.54 Å². The molecule has 4 heteroatoms. The van der Waals surface area contributed by atoms with Gasteiger partial charge in [-0.2, -0.15) is 5.26 Å². The number of rotatable bonds is 9. The minimum atomic E-state index is -0.393. The fourth-order valence-electron chi connectivity index (χ4n) is 2.71. The third-order valence-corrected chi connectivity index (χ3v) is 3.97. The fourth-order valence-corrected chi connectivity index (χ4v) is 2.71. The molecule has 0 aliphatic carbocycles. The number of ether oxygens (including phenoxy) is 2. The molecule has 0 bridgehead atoms. The molecule has 20 heavy (non-hydrogen) atoms. The van der Waals surface area contributed by atoms with Crippen molar-refractivity contribution in [3.8, 4) is 6.07 Å². The maximum Gasteiger partial charge on any atom is 0.106 e. The topological polar surface area (TPSA) is 54.3 Å². The van der Waals surface area contributed by atoms with Crippen molar-refractivity contribution in [2.45, 2.75) is 64.5 Å². The average Bonchev–Trinajstić information content (AvgIpc) is 2.46. The van der Waals surface area contributed by atoms with Gasteiger partial charge in [0.2, 0.25) is 0 Å². The molecule has 0 radical (unpaired) electrons. The van der Waals surface area contributed by atoms with E-state index in [2.05, 4.69) is 32.2 Å². The molecule has 4 nitrogen and oxygen atoms in total. The van der Waals surface area contributed by atoms with Crippen molar-refractivity contribution < 1.29 is 9.47 Å². The predicted molar refractivity (Wildman–Crippen MR) is 80.5 cm³/mol. The molecule has 0 saturated carbocycles. The highest BCUT2D eigenvalue weighted by Gasteiger charge is 2.27. The van der Waals surface area contributed by atoms with E-state index in [4.69, 9.17) is 9.47 Å². The Morgan fingerprint density at radius 2 is 2.10 bits per heavy atom. The Labute approximate surface area is 123 Å². The molecular weight excluding hydrogens is 252 g/mol. The second-order valence-corrected chi connectivity index (χ2v) is 6.08. The molecule has 0 amide bonds. The number of nitrogens with zero attached hydrogens (tertiary/aromatic N) is 1. The Bertz CT molecular complexity index is 295. The standard InChI is InChI=1S/C16H30N2O2/c1-4-16(13-17,18-14(2)3)8-5-9-20-12-15-6-10-19-11-7-15/h14-15,18H,4-12H2,1-3H3. The smallest absolute Gasteiger partial charge is 0.106 e. The van der Waals surface area contributed by atoms with E-state index < -0.39 is 5.54 Å². The number of hydrogen-bond donors (Lipinski definition) is 1. The van der Waals surface area contributed by atoms with E-state index in [1.807, 2.05) is 0 Å². The van der Waals surface area contributed by atoms with Crippen LogP contribution in [0.2, 0.25) is 0 Å². The molecule has 116 valence electrons. The van der Waals surface area contributed by atoms with Crippen LogP contribution in [0, 0.1) is 17.2 Å². The van der Waals surface area contributed by atoms with Gasteiger partial charge < -0.3 is 9.47 Å². The van der Waals surface area contributed by atoms with Crippen LogP contribution < -0.4 is 5.32 Å². The molecule has 1 atom stereocenters. The van der Waals surface area contributed by atoms with Crippen molar-refractivity contribution in [2.24, 2.45) is 5.92 Å². The summed E-state index contributed by atoms with van der Waals surface area (Å²) in [6, 6.07) is 2.78. The van der Waals surface area contributed by atoms with Crippen LogP contribution in [0.5, 0.6) is 0 Å². The highest BCUT2D eigenvalue weighted by Crippen LogP contribution is 2.19. The lowest BCUT2D eigenvalue weighted by Gasteiger charge is -2.29. The summed E-state index contributed by atoms with van der Waals surface area (Å²) in [6.45, 7) is 9.58. The van der Waals surface area contributed by atoms with Gasteiger partial charge in [-0.25, -0.2) is 0 Å². The molecule has 0 aromatic heterocycles. The van der Waals surface area contributed by atoms with Crippen LogP contribution in [0.1, 0.15) is 52.9 Å². The zero-order valence-electron chi connectivity index (χ0n) is 13.3. The Morgan fingerprint density at radius 3 is 2.65 bits per heavy atom. The van der Waals surface area contributed by atoms with Gasteiger partial charge in [-0.15, -0.1) is 0 Å². The average molecular weight is 282 g/mol. The lowest BCUT2D eigenvalue weighted by molar-refractivity contribution is 0.0190. The molecule has 1 saturated heterocycles. The van der Waals surface area contributed by atoms with Crippen LogP contribution in [0.15, 0.2) is 0 Å². The molecule has 1 heterocycles. The Balaban J connectivity index is 2.18. The van der Waals surface area contributed by atoms with E-state index in [-0.39, 0.29) is 0 Å². The molecule has 1 N–H and O–H groups in total. The van der Waals surface area contributed by atoms with E-state index in [1.54, 1.807) is 0 Å². The van der Waals surface area contributed by atoms with Crippen molar-refractivity contribution in [1.29, 1.82) is 5.26 Å². The van der Waals surface area contributed by atoms with E-state index in [9.17, 15) is 5.26 Å². The van der Waals surface area contributed by atoms with Gasteiger partial charge in [0.15, 0.2) is 0 Å². The van der Waals surface area contributed by atoms with Gasteiger partial charge >= 0.3 is 0 Å². The van der Waals surface area contributed by atoms with Crippen LogP contribution in [0.25, 0.3) is 0 Å². The van der Waals surface area contributed by atoms with Crippen molar-refractivity contribution >= 4 is 0 Å². The van der Waals surface area contributed by atoms with E-state index in [0.717, 1.165) is 58.5 Å². The summed E-state index contributed by atoms with van der Waals surface area (Å²) in [5, 5.41) is 12.8. The normalized spacial score (nSPS) is 19.8. The second kappa shape index (κ2) is 9.33. The Morgan fingerprint density at radius 1 is 1.40 bits per heavy atom. The summed E-state index contributed by atoms with van der Waals surface area (Å²) in [4.78, 5) is 0. The fraction of sp³-hybridized carbons (Fsp3) is 0.938. The van der Waals surface area contributed by atoms with Gasteiger partial charge in [-0.3, -0.25) is 5.32 Å². The molecular formula is C16H30N2O2. The van der Waals surface area contributed by atoms with Crippen LogP contribution in [0.3, 0.4) is 0 Å². The van der Waals surface area contributed by atoms with Gasteiger partial charge in [0.05, 0.1) is 6.07 Å². The SMILES string of the molecule is CCC(C#N)(CCCOCC1CCOCC1)NC(C)C. The largest absolute Gasteiger partial charge is 0.381 e. The maximum absolute atomic E-state index is 9.42. The monoisotopic (exact) mass is 282 g/mol. The zero-order chi connectivity index (χ0) is 14.8. The summed E-state index contributed by atoms with van der Waals surface area (Å²) in [5.41, 5.74) is -0.393. The highest BCUT2D eigenvalue weighted by atomic mass is 16.5. The maximum atomic E-state index is 9.42. The minimum absolute atomic E-state index is 0.331. The summed E-state index contributed by atoms with van der Waals surface area (Å²) >= 11 is 0. The third-order valence-electron chi connectivity index (χ3n) is 3.97. The highest BCUT2D eigenvalue weighted by molar-refractivity contribution is 5.06. The van der Waals surface area contributed by atoms with Gasteiger partial charge in [-0.1, -0.05) is 6.92 Å². The lowest BCUT2D eigenvalue weighted by Crippen LogP contribution is -2.47. The van der Waals surface area contributed by atoms with Gasteiger partial charge in [0.25, 0.3) is 0 Å². The molecule has 1 unspecified atom stereocenters. The first kappa shape index (κ1) is 17.4. The summed E-state index contributed by atoms with van der Waals surface area (Å²) in [6.07, 6.45) is 4.86. The summed E-state index contributed by atoms with van der Waals surface area (Å²) < 4.78 is 11.1. The van der Waals surface area contributed by atoms with E-state index in [1.165, 1.54) is 0 Å². The zero-order valence-corrected chi connectivity index (χ0v) is 13.3. The molecule has 0 aromatic rings. The van der Waals surface area contributed by atoms with Gasteiger partial charge in [-0.05, 0) is 51.9 Å². The van der Waals surface area contributed by atoms with Crippen LogP contribution in [-0.2, 0) is 9.47 Å². The van der Waals surface area contributed by atoms with Crippen molar-refractivity contribution in [1.82, 2.24) is 5.32 Å². The Kier molecular flexibility index (Phi) is 8.13. The molecule has 1 rings (SSSR count). The number of nitriles is 1. The van der Waals surface area contributed by atoms with Crippen molar-refractivity contribution in [3.63, 3.8) is 0 Å². The van der Waals surface area contributed by atoms with Crippen LogP contribution >= 0.6 is 0 Å². The Hall–Kier alpha value is -0.630. The van der Waals surface area contributed by atoms with Crippen LogP contribution in [-0.4, -0.2) is 38.0 Å². The predicted octanol–water partition coefficient (Wildman–Crippen LogP) is 2.88. The van der Waals surface area contributed by atoms with E-state index in [0.29, 0.717) is 12.0 Å². The summed E-state index contributed by atoms with van der Waals surface area (Å²) in [7, 11) is 0. The van der Waals surface area contributed by atoms with Gasteiger partial charge in [0, 0.05) is 32.5 Å². The first-order valence-corrected chi connectivity index (χ1v) is 7.96. The second-order valence-electron chi connectivity index (χ2n) is 6.08. The van der Waals surface area contributed by atoms with Crippen molar-refractivity contribution in [2.75, 3.05) is 26.4 Å². The minimum Gasteiger partial charge on any atom is -0.381 e. The van der Waals surface area contributed by atoms with Crippen molar-refractivity contribution in [3.05, 3.63) is 0 Å². The molecule has 0 spiro atoms. The molecule has 1 aliphatic rings. The van der Waals surface area contributed by atoms with Crippen LogP contribution in [0.4, 0.5) is 0 Å². The molecule has 0 aromatic carbocycles. The van der Waals surface area contributed by atoms with E-state index >= 15 is 0 Å². The number of hydrogen-bond acceptors (Lipinski definition) is 4. The first-order valence-electron chi connectivity index (χ1n) is 7.96. The lowest BCUT2D eigenvalue weighted by atomic mass is 9.91. The molecule has 1 aliphatic heterocycles.